The third kappa shape index (κ3) is 5.62. The number of methoxy groups -OCH3 is 1. The molecular weight excluding hydrogens is 250 g/mol. The SMILES string of the molecule is COCCCCNS(=O)(=O)Cc1ccccc1C. The van der Waals surface area contributed by atoms with E-state index < -0.39 is 10.0 Å². The highest BCUT2D eigenvalue weighted by Crippen LogP contribution is 2.10. The van der Waals surface area contributed by atoms with Crippen LogP contribution in [0.15, 0.2) is 24.3 Å². The van der Waals surface area contributed by atoms with Crippen molar-refractivity contribution >= 4 is 10.0 Å². The van der Waals surface area contributed by atoms with E-state index in [2.05, 4.69) is 4.72 Å². The molecule has 1 aromatic rings. The van der Waals surface area contributed by atoms with Crippen molar-refractivity contribution in [1.29, 1.82) is 0 Å². The molecule has 5 heteroatoms. The summed E-state index contributed by atoms with van der Waals surface area (Å²) in [6.45, 7) is 3.06. The summed E-state index contributed by atoms with van der Waals surface area (Å²) < 4.78 is 31.2. The molecule has 18 heavy (non-hydrogen) atoms. The molecule has 1 rings (SSSR count). The summed E-state index contributed by atoms with van der Waals surface area (Å²) in [5.41, 5.74) is 1.85. The molecule has 1 N–H and O–H groups in total. The number of hydrogen-bond acceptors (Lipinski definition) is 3. The van der Waals surface area contributed by atoms with Gasteiger partial charge in [0.25, 0.3) is 0 Å². The predicted molar refractivity (Wildman–Crippen MR) is 72.9 cm³/mol. The van der Waals surface area contributed by atoms with Gasteiger partial charge >= 0.3 is 0 Å². The van der Waals surface area contributed by atoms with Crippen LogP contribution in [-0.2, 0) is 20.5 Å². The summed E-state index contributed by atoms with van der Waals surface area (Å²) >= 11 is 0. The first kappa shape index (κ1) is 15.1. The number of ether oxygens (including phenoxy) is 1. The highest BCUT2D eigenvalue weighted by atomic mass is 32.2. The van der Waals surface area contributed by atoms with Crippen LogP contribution in [0.2, 0.25) is 0 Å². The average molecular weight is 271 g/mol. The van der Waals surface area contributed by atoms with Gasteiger partial charge in [0.15, 0.2) is 0 Å². The van der Waals surface area contributed by atoms with Gasteiger partial charge in [-0.2, -0.15) is 0 Å². The fourth-order valence-corrected chi connectivity index (χ4v) is 2.92. The monoisotopic (exact) mass is 271 g/mol. The minimum Gasteiger partial charge on any atom is -0.385 e. The van der Waals surface area contributed by atoms with Crippen molar-refractivity contribution in [2.75, 3.05) is 20.3 Å². The maximum Gasteiger partial charge on any atom is 0.215 e. The van der Waals surface area contributed by atoms with Gasteiger partial charge in [-0.25, -0.2) is 13.1 Å². The number of rotatable bonds is 8. The summed E-state index contributed by atoms with van der Waals surface area (Å²) in [4.78, 5) is 0. The van der Waals surface area contributed by atoms with E-state index in [4.69, 9.17) is 4.74 Å². The molecule has 0 aliphatic rings. The first-order chi connectivity index (χ1) is 8.55. The molecule has 0 saturated carbocycles. The Morgan fingerprint density at radius 1 is 1.22 bits per heavy atom. The zero-order valence-corrected chi connectivity index (χ0v) is 11.8. The fourth-order valence-electron chi connectivity index (χ4n) is 1.63. The highest BCUT2D eigenvalue weighted by Gasteiger charge is 2.11. The van der Waals surface area contributed by atoms with Crippen molar-refractivity contribution < 1.29 is 13.2 Å². The Morgan fingerprint density at radius 2 is 1.94 bits per heavy atom. The Hall–Kier alpha value is -0.910. The second kappa shape index (κ2) is 7.51. The quantitative estimate of drug-likeness (QED) is 0.734. The minimum absolute atomic E-state index is 0.0456. The van der Waals surface area contributed by atoms with Crippen LogP contribution in [-0.4, -0.2) is 28.7 Å². The Morgan fingerprint density at radius 3 is 2.61 bits per heavy atom. The van der Waals surface area contributed by atoms with E-state index in [9.17, 15) is 8.42 Å². The molecule has 0 bridgehead atoms. The zero-order valence-electron chi connectivity index (χ0n) is 11.0. The first-order valence-corrected chi connectivity index (χ1v) is 7.71. The second-order valence-corrected chi connectivity index (χ2v) is 6.09. The molecule has 0 spiro atoms. The largest absolute Gasteiger partial charge is 0.385 e. The Balaban J connectivity index is 2.43. The Labute approximate surface area is 109 Å². The number of unbranched alkanes of at least 4 members (excludes halogenated alkanes) is 1. The van der Waals surface area contributed by atoms with Gasteiger partial charge in [0.1, 0.15) is 0 Å². The summed E-state index contributed by atoms with van der Waals surface area (Å²) in [5, 5.41) is 0. The van der Waals surface area contributed by atoms with Crippen LogP contribution >= 0.6 is 0 Å². The molecule has 0 radical (unpaired) electrons. The van der Waals surface area contributed by atoms with Crippen LogP contribution in [0.4, 0.5) is 0 Å². The summed E-state index contributed by atoms with van der Waals surface area (Å²) in [5.74, 6) is 0.0456. The Bertz CT molecular complexity index is 457. The van der Waals surface area contributed by atoms with Crippen LogP contribution in [0.3, 0.4) is 0 Å². The van der Waals surface area contributed by atoms with E-state index in [1.807, 2.05) is 31.2 Å². The van der Waals surface area contributed by atoms with Crippen molar-refractivity contribution in [3.05, 3.63) is 35.4 Å². The molecule has 0 aromatic heterocycles. The molecule has 0 heterocycles. The number of sulfonamides is 1. The van der Waals surface area contributed by atoms with Gasteiger partial charge in [-0.3, -0.25) is 0 Å². The van der Waals surface area contributed by atoms with E-state index in [0.29, 0.717) is 13.2 Å². The summed E-state index contributed by atoms with van der Waals surface area (Å²) in [7, 11) is -1.59. The topological polar surface area (TPSA) is 55.4 Å². The lowest BCUT2D eigenvalue weighted by atomic mass is 10.1. The lowest BCUT2D eigenvalue weighted by molar-refractivity contribution is 0.193. The lowest BCUT2D eigenvalue weighted by Crippen LogP contribution is -2.26. The molecule has 0 atom stereocenters. The van der Waals surface area contributed by atoms with Gasteiger partial charge in [0.05, 0.1) is 5.75 Å². The van der Waals surface area contributed by atoms with E-state index in [1.54, 1.807) is 7.11 Å². The molecule has 0 aliphatic heterocycles. The van der Waals surface area contributed by atoms with E-state index in [-0.39, 0.29) is 5.75 Å². The average Bonchev–Trinajstić information content (AvgIpc) is 2.31. The zero-order chi connectivity index (χ0) is 13.4. The third-order valence-corrected chi connectivity index (χ3v) is 4.04. The molecule has 0 saturated heterocycles. The van der Waals surface area contributed by atoms with Crippen molar-refractivity contribution in [3.8, 4) is 0 Å². The first-order valence-electron chi connectivity index (χ1n) is 6.06. The molecule has 1 aromatic carbocycles. The number of aryl methyl sites for hydroxylation is 1. The number of nitrogens with one attached hydrogen (secondary N) is 1. The van der Waals surface area contributed by atoms with Crippen LogP contribution in [0.5, 0.6) is 0 Å². The van der Waals surface area contributed by atoms with Crippen LogP contribution in [0, 0.1) is 6.92 Å². The molecule has 0 unspecified atom stereocenters. The number of benzene rings is 1. The maximum atomic E-state index is 11.8. The van der Waals surface area contributed by atoms with Gasteiger partial charge in [-0.1, -0.05) is 24.3 Å². The maximum absolute atomic E-state index is 11.8. The standard InChI is InChI=1S/C13H21NO3S/c1-12-7-3-4-8-13(12)11-18(15,16)14-9-5-6-10-17-2/h3-4,7-8,14H,5-6,9-11H2,1-2H3. The molecule has 4 nitrogen and oxygen atoms in total. The summed E-state index contributed by atoms with van der Waals surface area (Å²) in [6, 6.07) is 7.53. The van der Waals surface area contributed by atoms with Crippen molar-refractivity contribution in [3.63, 3.8) is 0 Å². The predicted octanol–water partition coefficient (Wildman–Crippen LogP) is 1.84. The van der Waals surface area contributed by atoms with Gasteiger partial charge in [-0.15, -0.1) is 0 Å². The smallest absolute Gasteiger partial charge is 0.215 e. The molecule has 0 aliphatic carbocycles. The number of hydrogen-bond donors (Lipinski definition) is 1. The van der Waals surface area contributed by atoms with Gasteiger partial charge in [-0.05, 0) is 30.9 Å². The fraction of sp³-hybridized carbons (Fsp3) is 0.538. The Kier molecular flexibility index (Phi) is 6.32. The van der Waals surface area contributed by atoms with E-state index in [0.717, 1.165) is 24.0 Å². The summed E-state index contributed by atoms with van der Waals surface area (Å²) in [6.07, 6.45) is 1.66. The normalized spacial score (nSPS) is 11.7. The van der Waals surface area contributed by atoms with Gasteiger partial charge in [0, 0.05) is 20.3 Å². The minimum atomic E-state index is -3.24. The highest BCUT2D eigenvalue weighted by molar-refractivity contribution is 7.88. The van der Waals surface area contributed by atoms with Crippen LogP contribution in [0.1, 0.15) is 24.0 Å². The van der Waals surface area contributed by atoms with E-state index in [1.165, 1.54) is 0 Å². The van der Waals surface area contributed by atoms with Crippen molar-refractivity contribution in [1.82, 2.24) is 4.72 Å². The molecule has 0 amide bonds. The molecular formula is C13H21NO3S. The van der Waals surface area contributed by atoms with Crippen molar-refractivity contribution in [2.24, 2.45) is 0 Å². The molecule has 102 valence electrons. The van der Waals surface area contributed by atoms with Crippen molar-refractivity contribution in [2.45, 2.75) is 25.5 Å². The third-order valence-electron chi connectivity index (χ3n) is 2.70. The van der Waals surface area contributed by atoms with Gasteiger partial charge in [0.2, 0.25) is 10.0 Å². The lowest BCUT2D eigenvalue weighted by Gasteiger charge is -2.08. The van der Waals surface area contributed by atoms with Crippen LogP contribution in [0.25, 0.3) is 0 Å². The molecule has 0 fully saturated rings. The van der Waals surface area contributed by atoms with Gasteiger partial charge < -0.3 is 4.74 Å². The second-order valence-electron chi connectivity index (χ2n) is 4.28. The van der Waals surface area contributed by atoms with Crippen LogP contribution < -0.4 is 4.72 Å². The van der Waals surface area contributed by atoms with E-state index >= 15 is 0 Å².